The second kappa shape index (κ2) is 15.6. The van der Waals surface area contributed by atoms with Crippen LogP contribution in [0.4, 0.5) is 17.1 Å². The highest BCUT2D eigenvalue weighted by molar-refractivity contribution is 6.33. The number of nitrogens with one attached hydrogen (secondary N) is 1. The first-order valence-corrected chi connectivity index (χ1v) is 21.3. The topological polar surface area (TPSA) is 141 Å². The summed E-state index contributed by atoms with van der Waals surface area (Å²) in [4.78, 5) is 76.8. The van der Waals surface area contributed by atoms with Gasteiger partial charge in [0.05, 0.1) is 21.7 Å². The Morgan fingerprint density at radius 1 is 0.763 bits per heavy atom. The zero-order valence-electron chi connectivity index (χ0n) is 33.4. The molecule has 5 fully saturated rings. The predicted octanol–water partition coefficient (Wildman–Crippen LogP) is 4.85. The fraction of sp³-hybridized carbons (Fsp3) is 0.467. The third kappa shape index (κ3) is 7.20. The van der Waals surface area contributed by atoms with Crippen LogP contribution in [0.2, 0.25) is 5.02 Å². The molecule has 1 N–H and O–H groups in total. The Bertz CT molecular complexity index is 2250. The van der Waals surface area contributed by atoms with E-state index in [1.807, 2.05) is 42.2 Å². The third-order valence-corrected chi connectivity index (χ3v) is 14.4. The number of piperazine rings is 1. The highest BCUT2D eigenvalue weighted by Gasteiger charge is 2.45. The molecule has 306 valence electrons. The number of imide groups is 2. The van der Waals surface area contributed by atoms with Gasteiger partial charge >= 0.3 is 0 Å². The summed E-state index contributed by atoms with van der Waals surface area (Å²) in [5.74, 6) is -1.91. The SMILES string of the molecule is Cc1c(N2CCC3(CCN(c4ccc(C(=O)N5CCN(C6CCN(c7ccc8c(c7)C(=O)N(C7CCC(=O)NC7=O)C8=O)CC6)CC5)cc4)CC3)C2)ccc(C#N)c1Cl. The minimum atomic E-state index is -0.978. The van der Waals surface area contributed by atoms with E-state index in [2.05, 4.69) is 43.1 Å². The summed E-state index contributed by atoms with van der Waals surface area (Å²) in [6.07, 6.45) is 5.49. The normalized spacial score (nSPS) is 22.6. The van der Waals surface area contributed by atoms with Gasteiger partial charge in [0.15, 0.2) is 0 Å². The van der Waals surface area contributed by atoms with Crippen LogP contribution in [0.15, 0.2) is 54.6 Å². The Hall–Kier alpha value is -5.45. The van der Waals surface area contributed by atoms with E-state index in [4.69, 9.17) is 11.6 Å². The van der Waals surface area contributed by atoms with E-state index >= 15 is 0 Å². The van der Waals surface area contributed by atoms with Gasteiger partial charge in [-0.25, -0.2) is 0 Å². The molecule has 13 nitrogen and oxygen atoms in total. The Labute approximate surface area is 349 Å². The van der Waals surface area contributed by atoms with Crippen LogP contribution in [0, 0.1) is 23.7 Å². The van der Waals surface area contributed by atoms with Crippen LogP contribution >= 0.6 is 11.6 Å². The lowest BCUT2D eigenvalue weighted by atomic mass is 9.77. The van der Waals surface area contributed by atoms with Crippen molar-refractivity contribution in [2.45, 2.75) is 64.0 Å². The van der Waals surface area contributed by atoms with Crippen LogP contribution in [0.5, 0.6) is 0 Å². The highest BCUT2D eigenvalue weighted by Crippen LogP contribution is 2.44. The molecule has 1 atom stereocenters. The van der Waals surface area contributed by atoms with Crippen LogP contribution < -0.4 is 20.0 Å². The average molecular weight is 817 g/mol. The zero-order valence-corrected chi connectivity index (χ0v) is 34.2. The fourth-order valence-corrected chi connectivity index (χ4v) is 10.5. The molecule has 3 aromatic carbocycles. The van der Waals surface area contributed by atoms with E-state index in [1.54, 1.807) is 12.1 Å². The molecule has 0 aromatic heterocycles. The second-order valence-electron chi connectivity index (χ2n) is 17.1. The van der Waals surface area contributed by atoms with Crippen molar-refractivity contribution in [3.8, 4) is 6.07 Å². The molecule has 0 saturated carbocycles. The van der Waals surface area contributed by atoms with Gasteiger partial charge in [0.25, 0.3) is 17.7 Å². The van der Waals surface area contributed by atoms with Crippen molar-refractivity contribution < 1.29 is 24.0 Å². The summed E-state index contributed by atoms with van der Waals surface area (Å²) >= 11 is 6.50. The highest BCUT2D eigenvalue weighted by atomic mass is 35.5. The van der Waals surface area contributed by atoms with Gasteiger partial charge < -0.3 is 19.6 Å². The number of hydrogen-bond donors (Lipinski definition) is 1. The number of benzene rings is 3. The molecule has 6 aliphatic rings. The van der Waals surface area contributed by atoms with Crippen molar-refractivity contribution in [2.75, 3.05) is 80.1 Å². The minimum absolute atomic E-state index is 0.0775. The summed E-state index contributed by atoms with van der Waals surface area (Å²) in [6.45, 7) is 10.6. The van der Waals surface area contributed by atoms with Gasteiger partial charge in [0, 0.05) is 101 Å². The monoisotopic (exact) mass is 816 g/mol. The molecule has 1 unspecified atom stereocenters. The molecule has 14 heteroatoms. The van der Waals surface area contributed by atoms with Crippen LogP contribution in [0.1, 0.15) is 87.1 Å². The smallest absolute Gasteiger partial charge is 0.262 e. The largest absolute Gasteiger partial charge is 0.371 e. The standard InChI is InChI=1S/C45H49ClN8O5/c1-29-37(9-4-31(27-47)40(29)46)53-21-16-45(28-53)14-19-50(20-15-45)32-5-2-30(3-6-32)42(57)52-24-22-51(23-25-52)33-12-17-49(18-13-33)34-7-8-35-36(26-34)44(59)54(43(35)58)38-10-11-39(55)48-41(38)56/h2-9,26,33,38H,10-25,28H2,1H3,(H,48,55,56). The van der Waals surface area contributed by atoms with Crippen molar-refractivity contribution in [3.05, 3.63) is 87.4 Å². The van der Waals surface area contributed by atoms with Gasteiger partial charge in [-0.1, -0.05) is 11.6 Å². The maximum atomic E-state index is 13.6. The summed E-state index contributed by atoms with van der Waals surface area (Å²) < 4.78 is 0. The molecule has 59 heavy (non-hydrogen) atoms. The molecular weight excluding hydrogens is 768 g/mol. The number of carbonyl (C=O) groups excluding carboxylic acids is 5. The van der Waals surface area contributed by atoms with Crippen LogP contribution in [-0.4, -0.2) is 122 Å². The quantitative estimate of drug-likeness (QED) is 0.344. The lowest BCUT2D eigenvalue weighted by Gasteiger charge is -2.43. The van der Waals surface area contributed by atoms with Crippen molar-refractivity contribution in [3.63, 3.8) is 0 Å². The maximum absolute atomic E-state index is 13.6. The molecule has 6 heterocycles. The van der Waals surface area contributed by atoms with Crippen LogP contribution in [-0.2, 0) is 9.59 Å². The summed E-state index contributed by atoms with van der Waals surface area (Å²) in [7, 11) is 0. The van der Waals surface area contributed by atoms with E-state index in [0.717, 1.165) is 118 Å². The van der Waals surface area contributed by atoms with E-state index in [-0.39, 0.29) is 29.7 Å². The van der Waals surface area contributed by atoms with Gasteiger partial charge in [-0.15, -0.1) is 0 Å². The van der Waals surface area contributed by atoms with Gasteiger partial charge in [0.1, 0.15) is 12.1 Å². The molecule has 5 saturated heterocycles. The first-order chi connectivity index (χ1) is 28.5. The van der Waals surface area contributed by atoms with Crippen molar-refractivity contribution in [1.29, 1.82) is 5.26 Å². The first kappa shape index (κ1) is 39.0. The Morgan fingerprint density at radius 2 is 1.41 bits per heavy atom. The van der Waals surface area contributed by atoms with Gasteiger partial charge in [0.2, 0.25) is 11.8 Å². The molecule has 0 radical (unpaired) electrons. The molecular formula is C45H49ClN8O5. The van der Waals surface area contributed by atoms with E-state index in [1.165, 1.54) is 0 Å². The number of fused-ring (bicyclic) bond motifs is 1. The average Bonchev–Trinajstić information content (AvgIpc) is 3.78. The van der Waals surface area contributed by atoms with E-state index in [0.29, 0.717) is 35.3 Å². The molecule has 0 bridgehead atoms. The summed E-state index contributed by atoms with van der Waals surface area (Å²) in [5, 5.41) is 12.2. The van der Waals surface area contributed by atoms with Gasteiger partial charge in [-0.2, -0.15) is 5.26 Å². The van der Waals surface area contributed by atoms with Gasteiger partial charge in [-0.05, 0) is 111 Å². The minimum Gasteiger partial charge on any atom is -0.371 e. The van der Waals surface area contributed by atoms with Crippen molar-refractivity contribution >= 4 is 58.2 Å². The number of halogens is 1. The first-order valence-electron chi connectivity index (χ1n) is 21.0. The lowest BCUT2D eigenvalue weighted by Crippen LogP contribution is -2.54. The molecule has 1 spiro atoms. The number of hydrogen-bond acceptors (Lipinski definition) is 10. The number of nitriles is 1. The molecule has 5 amide bonds. The predicted molar refractivity (Wildman–Crippen MR) is 224 cm³/mol. The van der Waals surface area contributed by atoms with Crippen LogP contribution in [0.25, 0.3) is 0 Å². The lowest BCUT2D eigenvalue weighted by molar-refractivity contribution is -0.136. The molecule has 0 aliphatic carbocycles. The Morgan fingerprint density at radius 3 is 2.08 bits per heavy atom. The van der Waals surface area contributed by atoms with Crippen molar-refractivity contribution in [1.82, 2.24) is 20.0 Å². The number of amides is 5. The third-order valence-electron chi connectivity index (χ3n) is 13.9. The zero-order chi connectivity index (χ0) is 41.0. The number of carbonyl (C=O) groups is 5. The number of rotatable bonds is 6. The summed E-state index contributed by atoms with van der Waals surface area (Å²) in [6, 6.07) is 19.0. The summed E-state index contributed by atoms with van der Waals surface area (Å²) in [5.41, 5.74) is 6.26. The van der Waals surface area contributed by atoms with E-state index < -0.39 is 29.7 Å². The second-order valence-corrected chi connectivity index (χ2v) is 17.5. The maximum Gasteiger partial charge on any atom is 0.262 e. The fourth-order valence-electron chi connectivity index (χ4n) is 10.3. The van der Waals surface area contributed by atoms with Crippen LogP contribution in [0.3, 0.4) is 0 Å². The number of anilines is 3. The number of piperidine rings is 3. The van der Waals surface area contributed by atoms with Crippen molar-refractivity contribution in [2.24, 2.45) is 5.41 Å². The molecule has 9 rings (SSSR count). The van der Waals surface area contributed by atoms with E-state index in [9.17, 15) is 29.2 Å². The number of nitrogens with zero attached hydrogens (tertiary/aromatic N) is 7. The Balaban J connectivity index is 0.733. The molecule has 6 aliphatic heterocycles. The Kier molecular flexibility index (Phi) is 10.3. The van der Waals surface area contributed by atoms with Gasteiger partial charge in [-0.3, -0.25) is 39.1 Å². The molecule has 3 aromatic rings.